The van der Waals surface area contributed by atoms with E-state index in [2.05, 4.69) is 0 Å². The second-order valence-corrected chi connectivity index (χ2v) is 6.07. The van der Waals surface area contributed by atoms with Gasteiger partial charge in [-0.25, -0.2) is 0 Å². The summed E-state index contributed by atoms with van der Waals surface area (Å²) >= 11 is 0. The smallest absolute Gasteiger partial charge is 0.241 e. The Morgan fingerprint density at radius 2 is 1.95 bits per heavy atom. The Balaban J connectivity index is 1.94. The van der Waals surface area contributed by atoms with Crippen molar-refractivity contribution in [1.29, 1.82) is 0 Å². The molecule has 1 saturated heterocycles. The molecule has 19 heavy (non-hydrogen) atoms. The summed E-state index contributed by atoms with van der Waals surface area (Å²) in [5, 5.41) is 0. The molecule has 108 valence electrons. The van der Waals surface area contributed by atoms with Gasteiger partial charge < -0.3 is 15.5 Å². The predicted molar refractivity (Wildman–Crippen MR) is 73.4 cm³/mol. The highest BCUT2D eigenvalue weighted by Gasteiger charge is 2.35. The summed E-state index contributed by atoms with van der Waals surface area (Å²) < 4.78 is 0. The van der Waals surface area contributed by atoms with Gasteiger partial charge >= 0.3 is 0 Å². The van der Waals surface area contributed by atoms with Crippen LogP contribution in [0, 0.1) is 5.41 Å². The molecule has 0 spiro atoms. The Kier molecular flexibility index (Phi) is 4.45. The molecule has 2 N–H and O–H groups in total. The van der Waals surface area contributed by atoms with Crippen molar-refractivity contribution in [2.45, 2.75) is 38.5 Å². The largest absolute Gasteiger partial charge is 0.342 e. The highest BCUT2D eigenvalue weighted by molar-refractivity contribution is 5.86. The molecule has 1 aliphatic heterocycles. The van der Waals surface area contributed by atoms with E-state index in [4.69, 9.17) is 5.73 Å². The Morgan fingerprint density at radius 3 is 2.53 bits per heavy atom. The van der Waals surface area contributed by atoms with Crippen molar-refractivity contribution in [3.05, 3.63) is 0 Å². The molecule has 2 aliphatic rings. The molecule has 5 nitrogen and oxygen atoms in total. The molecule has 0 aromatic heterocycles. The molecule has 0 radical (unpaired) electrons. The summed E-state index contributed by atoms with van der Waals surface area (Å²) in [5.74, 6) is 0.138. The summed E-state index contributed by atoms with van der Waals surface area (Å²) in [6.07, 6.45) is 6.22. The van der Waals surface area contributed by atoms with Crippen LogP contribution in [0.3, 0.4) is 0 Å². The fourth-order valence-corrected chi connectivity index (χ4v) is 3.16. The number of carbonyl (C=O) groups excluding carboxylic acids is 2. The van der Waals surface area contributed by atoms with E-state index in [-0.39, 0.29) is 23.8 Å². The highest BCUT2D eigenvalue weighted by atomic mass is 16.2. The summed E-state index contributed by atoms with van der Waals surface area (Å²) in [4.78, 5) is 27.4. The zero-order valence-corrected chi connectivity index (χ0v) is 11.9. The topological polar surface area (TPSA) is 66.6 Å². The zero-order valence-electron chi connectivity index (χ0n) is 11.9. The van der Waals surface area contributed by atoms with Crippen LogP contribution < -0.4 is 5.73 Å². The van der Waals surface area contributed by atoms with Gasteiger partial charge in [0.25, 0.3) is 0 Å². The van der Waals surface area contributed by atoms with E-state index in [9.17, 15) is 9.59 Å². The van der Waals surface area contributed by atoms with E-state index in [1.807, 2.05) is 0 Å². The van der Waals surface area contributed by atoms with E-state index in [0.29, 0.717) is 26.1 Å². The van der Waals surface area contributed by atoms with E-state index in [1.165, 1.54) is 19.3 Å². The van der Waals surface area contributed by atoms with Crippen molar-refractivity contribution < 1.29 is 9.59 Å². The number of carbonyl (C=O) groups is 2. The van der Waals surface area contributed by atoms with Gasteiger partial charge in [0.1, 0.15) is 0 Å². The van der Waals surface area contributed by atoms with Crippen LogP contribution in [0.1, 0.15) is 38.5 Å². The van der Waals surface area contributed by atoms with E-state index in [1.54, 1.807) is 16.8 Å². The first kappa shape index (κ1) is 14.3. The fraction of sp³-hybridized carbons (Fsp3) is 0.857. The maximum atomic E-state index is 12.4. The maximum absolute atomic E-state index is 12.4. The summed E-state index contributed by atoms with van der Waals surface area (Å²) in [6.45, 7) is 2.11. The Hall–Kier alpha value is -1.10. The molecule has 5 heteroatoms. The van der Waals surface area contributed by atoms with Crippen molar-refractivity contribution in [3.8, 4) is 0 Å². The average Bonchev–Trinajstić information content (AvgIpc) is 2.43. The van der Waals surface area contributed by atoms with Gasteiger partial charge in [-0.15, -0.1) is 0 Å². The van der Waals surface area contributed by atoms with E-state index in [0.717, 1.165) is 12.8 Å². The fourth-order valence-electron chi connectivity index (χ4n) is 3.16. The minimum Gasteiger partial charge on any atom is -0.342 e. The lowest BCUT2D eigenvalue weighted by molar-refractivity contribution is -0.145. The quantitative estimate of drug-likeness (QED) is 0.813. The summed E-state index contributed by atoms with van der Waals surface area (Å²) in [6, 6.07) is 0. The molecule has 2 fully saturated rings. The van der Waals surface area contributed by atoms with Crippen LogP contribution in [-0.4, -0.2) is 54.8 Å². The second-order valence-electron chi connectivity index (χ2n) is 6.07. The molecule has 0 atom stereocenters. The van der Waals surface area contributed by atoms with Gasteiger partial charge in [0.05, 0.1) is 6.54 Å². The van der Waals surface area contributed by atoms with Gasteiger partial charge in [0.2, 0.25) is 11.8 Å². The van der Waals surface area contributed by atoms with Gasteiger partial charge in [-0.05, 0) is 24.8 Å². The minimum atomic E-state index is -0.0122. The standard InChI is InChI=1S/C14H25N3O2/c1-16-7-8-17(10-13(16)19)12(18)9-14(11-15)5-3-2-4-6-14/h2-11,15H2,1H3. The summed E-state index contributed by atoms with van der Waals surface area (Å²) in [5.41, 5.74) is 5.91. The third-order valence-corrected chi connectivity index (χ3v) is 4.68. The van der Waals surface area contributed by atoms with Crippen molar-refractivity contribution in [2.75, 3.05) is 33.2 Å². The number of amides is 2. The van der Waals surface area contributed by atoms with Crippen LogP contribution in [0.5, 0.6) is 0 Å². The number of rotatable bonds is 3. The van der Waals surface area contributed by atoms with Crippen molar-refractivity contribution in [2.24, 2.45) is 11.1 Å². The molecule has 1 aliphatic carbocycles. The van der Waals surface area contributed by atoms with Crippen LogP contribution in [0.25, 0.3) is 0 Å². The van der Waals surface area contributed by atoms with Crippen LogP contribution in [0.15, 0.2) is 0 Å². The van der Waals surface area contributed by atoms with Crippen molar-refractivity contribution in [1.82, 2.24) is 9.80 Å². The molecule has 2 amide bonds. The SMILES string of the molecule is CN1CCN(C(=O)CC2(CN)CCCCC2)CC1=O. The van der Waals surface area contributed by atoms with E-state index < -0.39 is 0 Å². The van der Waals surface area contributed by atoms with Crippen LogP contribution in [0.4, 0.5) is 0 Å². The molecule has 0 unspecified atom stereocenters. The first-order valence-corrected chi connectivity index (χ1v) is 7.28. The van der Waals surface area contributed by atoms with Crippen LogP contribution in [0.2, 0.25) is 0 Å². The number of nitrogens with two attached hydrogens (primary N) is 1. The molecule has 0 bridgehead atoms. The lowest BCUT2D eigenvalue weighted by Crippen LogP contribution is -2.52. The number of hydrogen-bond acceptors (Lipinski definition) is 3. The minimum absolute atomic E-state index is 0.0122. The molecule has 1 saturated carbocycles. The van der Waals surface area contributed by atoms with Crippen LogP contribution >= 0.6 is 0 Å². The molecule has 2 rings (SSSR count). The predicted octanol–water partition coefficient (Wildman–Crippen LogP) is 0.586. The lowest BCUT2D eigenvalue weighted by atomic mass is 9.71. The molecule has 1 heterocycles. The Bertz CT molecular complexity index is 351. The Morgan fingerprint density at radius 1 is 1.26 bits per heavy atom. The van der Waals surface area contributed by atoms with Crippen molar-refractivity contribution >= 4 is 11.8 Å². The number of hydrogen-bond donors (Lipinski definition) is 1. The molecular weight excluding hydrogens is 242 g/mol. The first-order chi connectivity index (χ1) is 9.06. The normalized spacial score (nSPS) is 23.6. The average molecular weight is 267 g/mol. The number of likely N-dealkylation sites (N-methyl/N-ethyl adjacent to an activating group) is 1. The third kappa shape index (κ3) is 3.26. The number of piperazine rings is 1. The molecular formula is C14H25N3O2. The summed E-state index contributed by atoms with van der Waals surface area (Å²) in [7, 11) is 1.78. The Labute approximate surface area is 115 Å². The van der Waals surface area contributed by atoms with Gasteiger partial charge in [0, 0.05) is 26.6 Å². The highest BCUT2D eigenvalue weighted by Crippen LogP contribution is 2.38. The monoisotopic (exact) mass is 267 g/mol. The third-order valence-electron chi connectivity index (χ3n) is 4.68. The molecule has 0 aromatic rings. The second kappa shape index (κ2) is 5.90. The number of nitrogens with zero attached hydrogens (tertiary/aromatic N) is 2. The van der Waals surface area contributed by atoms with Crippen molar-refractivity contribution in [3.63, 3.8) is 0 Å². The zero-order chi connectivity index (χ0) is 13.9. The van der Waals surface area contributed by atoms with E-state index >= 15 is 0 Å². The first-order valence-electron chi connectivity index (χ1n) is 7.28. The van der Waals surface area contributed by atoms with Gasteiger partial charge in [-0.2, -0.15) is 0 Å². The lowest BCUT2D eigenvalue weighted by Gasteiger charge is -2.39. The van der Waals surface area contributed by atoms with Gasteiger partial charge in [0.15, 0.2) is 0 Å². The molecule has 0 aromatic carbocycles. The van der Waals surface area contributed by atoms with Gasteiger partial charge in [-0.3, -0.25) is 9.59 Å². The maximum Gasteiger partial charge on any atom is 0.241 e. The van der Waals surface area contributed by atoms with Gasteiger partial charge in [-0.1, -0.05) is 19.3 Å². The van der Waals surface area contributed by atoms with Crippen LogP contribution in [-0.2, 0) is 9.59 Å².